The number of aromatic nitrogens is 2. The molecule has 2 heterocycles. The standard InChI is InChI=1S/C14H12N2/c1-5-15-6-2-9(1)11-13-12(14(11)13)10-3-7-16-8-4-10/h1-8,11-14H. The van der Waals surface area contributed by atoms with Gasteiger partial charge in [-0.3, -0.25) is 9.97 Å². The van der Waals surface area contributed by atoms with Crippen LogP contribution in [0, 0.1) is 11.8 Å². The van der Waals surface area contributed by atoms with Crippen molar-refractivity contribution in [1.82, 2.24) is 9.97 Å². The molecule has 0 saturated heterocycles. The van der Waals surface area contributed by atoms with Gasteiger partial charge in [0.25, 0.3) is 0 Å². The van der Waals surface area contributed by atoms with Gasteiger partial charge in [-0.05, 0) is 59.1 Å². The first-order valence-corrected chi connectivity index (χ1v) is 5.76. The van der Waals surface area contributed by atoms with Crippen molar-refractivity contribution in [3.05, 3.63) is 60.2 Å². The van der Waals surface area contributed by atoms with Gasteiger partial charge in [0.15, 0.2) is 0 Å². The van der Waals surface area contributed by atoms with Crippen molar-refractivity contribution in [2.45, 2.75) is 11.8 Å². The van der Waals surface area contributed by atoms with E-state index in [9.17, 15) is 0 Å². The van der Waals surface area contributed by atoms with E-state index in [0.29, 0.717) is 0 Å². The number of hydrogen-bond acceptors (Lipinski definition) is 2. The number of fused-ring (bicyclic) bond motifs is 1. The third-order valence-corrected chi connectivity index (χ3v) is 4.00. The van der Waals surface area contributed by atoms with E-state index in [1.54, 1.807) is 0 Å². The van der Waals surface area contributed by atoms with Gasteiger partial charge in [-0.25, -0.2) is 0 Å². The largest absolute Gasteiger partial charge is 0.265 e. The molecule has 2 heteroatoms. The van der Waals surface area contributed by atoms with Gasteiger partial charge in [-0.1, -0.05) is 0 Å². The van der Waals surface area contributed by atoms with Gasteiger partial charge in [0.2, 0.25) is 0 Å². The molecule has 2 aromatic heterocycles. The van der Waals surface area contributed by atoms with Crippen molar-refractivity contribution < 1.29 is 0 Å². The van der Waals surface area contributed by atoms with Crippen LogP contribution in [0.15, 0.2) is 49.1 Å². The van der Waals surface area contributed by atoms with E-state index in [0.717, 1.165) is 23.7 Å². The lowest BCUT2D eigenvalue weighted by atomic mass is 9.94. The van der Waals surface area contributed by atoms with E-state index in [2.05, 4.69) is 34.2 Å². The third kappa shape index (κ3) is 1.07. The molecule has 78 valence electrons. The van der Waals surface area contributed by atoms with Gasteiger partial charge in [0, 0.05) is 24.8 Å². The minimum Gasteiger partial charge on any atom is -0.265 e. The van der Waals surface area contributed by atoms with Crippen LogP contribution < -0.4 is 0 Å². The lowest BCUT2D eigenvalue weighted by Gasteiger charge is -2.11. The van der Waals surface area contributed by atoms with Crippen molar-refractivity contribution in [3.63, 3.8) is 0 Å². The number of pyridine rings is 2. The molecule has 4 rings (SSSR count). The van der Waals surface area contributed by atoms with Crippen LogP contribution in [0.5, 0.6) is 0 Å². The van der Waals surface area contributed by atoms with Gasteiger partial charge in [-0.15, -0.1) is 0 Å². The fraction of sp³-hybridized carbons (Fsp3) is 0.286. The summed E-state index contributed by atoms with van der Waals surface area (Å²) in [7, 11) is 0. The van der Waals surface area contributed by atoms with Crippen LogP contribution in [-0.2, 0) is 0 Å². The van der Waals surface area contributed by atoms with Crippen LogP contribution in [0.25, 0.3) is 0 Å². The zero-order valence-electron chi connectivity index (χ0n) is 8.82. The normalized spacial score (nSPS) is 34.2. The molecule has 2 aliphatic rings. The van der Waals surface area contributed by atoms with Crippen LogP contribution in [0.3, 0.4) is 0 Å². The highest BCUT2D eigenvalue weighted by Crippen LogP contribution is 2.81. The Hall–Kier alpha value is -1.70. The van der Waals surface area contributed by atoms with Crippen molar-refractivity contribution in [2.75, 3.05) is 0 Å². The Labute approximate surface area is 94.4 Å². The van der Waals surface area contributed by atoms with Gasteiger partial charge >= 0.3 is 0 Å². The first-order valence-electron chi connectivity index (χ1n) is 5.76. The van der Waals surface area contributed by atoms with E-state index in [4.69, 9.17) is 0 Å². The topological polar surface area (TPSA) is 25.8 Å². The molecule has 0 N–H and O–H groups in total. The molecule has 0 unspecified atom stereocenters. The Morgan fingerprint density at radius 2 is 1.00 bits per heavy atom. The highest BCUT2D eigenvalue weighted by atomic mass is 14.8. The second kappa shape index (κ2) is 2.91. The summed E-state index contributed by atoms with van der Waals surface area (Å²) in [6.45, 7) is 0. The summed E-state index contributed by atoms with van der Waals surface area (Å²) in [6.07, 6.45) is 7.59. The Morgan fingerprint density at radius 3 is 1.38 bits per heavy atom. The minimum absolute atomic E-state index is 0.807. The Balaban J connectivity index is 1.52. The molecule has 0 amide bonds. The molecule has 0 aliphatic heterocycles. The summed E-state index contributed by atoms with van der Waals surface area (Å²) >= 11 is 0. The molecular formula is C14H12N2. The van der Waals surface area contributed by atoms with Crippen LogP contribution >= 0.6 is 0 Å². The fourth-order valence-corrected chi connectivity index (χ4v) is 3.08. The fourth-order valence-electron chi connectivity index (χ4n) is 3.08. The van der Waals surface area contributed by atoms with E-state index in [1.165, 1.54) is 11.1 Å². The van der Waals surface area contributed by atoms with Crippen molar-refractivity contribution in [3.8, 4) is 0 Å². The van der Waals surface area contributed by atoms with Crippen molar-refractivity contribution in [2.24, 2.45) is 11.8 Å². The summed E-state index contributed by atoms with van der Waals surface area (Å²) in [4.78, 5) is 8.13. The summed E-state index contributed by atoms with van der Waals surface area (Å²) in [5, 5.41) is 0. The van der Waals surface area contributed by atoms with E-state index < -0.39 is 0 Å². The highest BCUT2D eigenvalue weighted by molar-refractivity contribution is 5.45. The molecule has 16 heavy (non-hydrogen) atoms. The predicted molar refractivity (Wildman–Crippen MR) is 60.9 cm³/mol. The van der Waals surface area contributed by atoms with Crippen molar-refractivity contribution >= 4 is 0 Å². The second-order valence-corrected chi connectivity index (χ2v) is 4.77. The first kappa shape index (κ1) is 8.45. The minimum atomic E-state index is 0.807. The van der Waals surface area contributed by atoms with Crippen LogP contribution in [0.4, 0.5) is 0 Å². The summed E-state index contributed by atoms with van der Waals surface area (Å²) in [6, 6.07) is 8.61. The van der Waals surface area contributed by atoms with Crippen LogP contribution in [0.2, 0.25) is 0 Å². The highest BCUT2D eigenvalue weighted by Gasteiger charge is 2.73. The van der Waals surface area contributed by atoms with E-state index in [-0.39, 0.29) is 0 Å². The first-order chi connectivity index (χ1) is 7.97. The van der Waals surface area contributed by atoms with E-state index >= 15 is 0 Å². The average molecular weight is 208 g/mol. The van der Waals surface area contributed by atoms with Crippen molar-refractivity contribution in [1.29, 1.82) is 0 Å². The molecule has 2 saturated carbocycles. The second-order valence-electron chi connectivity index (χ2n) is 4.77. The van der Waals surface area contributed by atoms with Crippen LogP contribution in [-0.4, -0.2) is 9.97 Å². The smallest absolute Gasteiger partial charge is 0.0270 e. The van der Waals surface area contributed by atoms with E-state index in [1.807, 2.05) is 24.8 Å². The van der Waals surface area contributed by atoms with Gasteiger partial charge in [0.1, 0.15) is 0 Å². The molecule has 0 spiro atoms. The average Bonchev–Trinajstić information content (AvgIpc) is 3.22. The quantitative estimate of drug-likeness (QED) is 0.758. The SMILES string of the molecule is c1cc(C2C3C(c4ccncc4)C23)ccn1. The molecule has 2 fully saturated rings. The maximum absolute atomic E-state index is 4.06. The lowest BCUT2D eigenvalue weighted by molar-refractivity contribution is 0.683. The Kier molecular flexibility index (Phi) is 1.54. The number of rotatable bonds is 2. The van der Waals surface area contributed by atoms with Crippen LogP contribution in [0.1, 0.15) is 23.0 Å². The van der Waals surface area contributed by atoms with Gasteiger partial charge in [-0.2, -0.15) is 0 Å². The molecular weight excluding hydrogens is 196 g/mol. The molecule has 0 bridgehead atoms. The molecule has 2 aromatic rings. The maximum atomic E-state index is 4.06. The molecule has 0 atom stereocenters. The van der Waals surface area contributed by atoms with Gasteiger partial charge in [0.05, 0.1) is 0 Å². The van der Waals surface area contributed by atoms with Gasteiger partial charge < -0.3 is 0 Å². The summed E-state index contributed by atoms with van der Waals surface area (Å²) in [5.74, 6) is 3.40. The number of nitrogens with zero attached hydrogens (tertiary/aromatic N) is 2. The number of hydrogen-bond donors (Lipinski definition) is 0. The summed E-state index contributed by atoms with van der Waals surface area (Å²) in [5.41, 5.74) is 2.94. The molecule has 0 radical (unpaired) electrons. The molecule has 0 aromatic carbocycles. The lowest BCUT2D eigenvalue weighted by Crippen LogP contribution is -1.98. The molecule has 2 aliphatic carbocycles. The maximum Gasteiger partial charge on any atom is 0.0270 e. The third-order valence-electron chi connectivity index (χ3n) is 4.00. The Morgan fingerprint density at radius 1 is 0.625 bits per heavy atom. The predicted octanol–water partition coefficient (Wildman–Crippen LogP) is 2.60. The monoisotopic (exact) mass is 208 g/mol. The zero-order valence-corrected chi connectivity index (χ0v) is 8.82. The molecule has 2 nitrogen and oxygen atoms in total. The zero-order chi connectivity index (χ0) is 10.5. The summed E-state index contributed by atoms with van der Waals surface area (Å²) < 4.78 is 0. The Bertz CT molecular complexity index is 451.